The largest absolute Gasteiger partial charge is 0.459 e. The van der Waals surface area contributed by atoms with Gasteiger partial charge in [-0.15, -0.1) is 0 Å². The number of hydrogen-bond donors (Lipinski definition) is 2. The molecule has 1 saturated heterocycles. The van der Waals surface area contributed by atoms with Crippen LogP contribution in [0.25, 0.3) is 0 Å². The van der Waals surface area contributed by atoms with Crippen molar-refractivity contribution < 1.29 is 23.2 Å². The van der Waals surface area contributed by atoms with E-state index in [2.05, 4.69) is 20.6 Å². The molecular formula is C22H20FN5O4. The van der Waals surface area contributed by atoms with Gasteiger partial charge in [0, 0.05) is 37.1 Å². The highest BCUT2D eigenvalue weighted by atomic mass is 19.1. The number of halogens is 1. The Kier molecular flexibility index (Phi) is 6.20. The van der Waals surface area contributed by atoms with E-state index in [4.69, 9.17) is 4.42 Å². The number of amides is 3. The summed E-state index contributed by atoms with van der Waals surface area (Å²) in [6, 6.07) is 8.45. The van der Waals surface area contributed by atoms with Crippen molar-refractivity contribution in [2.24, 2.45) is 0 Å². The molecule has 0 unspecified atom stereocenters. The molecule has 4 rings (SSSR count). The van der Waals surface area contributed by atoms with Gasteiger partial charge in [-0.2, -0.15) is 0 Å². The third kappa shape index (κ3) is 4.80. The van der Waals surface area contributed by atoms with Gasteiger partial charge in [-0.25, -0.2) is 14.4 Å². The molecule has 3 amide bonds. The molecule has 32 heavy (non-hydrogen) atoms. The topological polar surface area (TPSA) is 117 Å². The fourth-order valence-electron chi connectivity index (χ4n) is 3.46. The molecule has 0 spiro atoms. The SMILES string of the molecule is O=C(Nc1nccnc1C(=O)NC1CCN(C(=O)c2cccc(F)c2)CC1)c1ccco1. The van der Waals surface area contributed by atoms with E-state index >= 15 is 0 Å². The van der Waals surface area contributed by atoms with Crippen LogP contribution < -0.4 is 10.6 Å². The van der Waals surface area contributed by atoms with Crippen LogP contribution in [-0.4, -0.2) is 51.7 Å². The maximum absolute atomic E-state index is 13.4. The number of aromatic nitrogens is 2. The number of piperidine rings is 1. The number of carbonyl (C=O) groups excluding carboxylic acids is 3. The Labute approximate surface area is 182 Å². The first kappa shape index (κ1) is 21.2. The number of rotatable bonds is 5. The molecule has 9 nitrogen and oxygen atoms in total. The predicted molar refractivity (Wildman–Crippen MR) is 111 cm³/mol. The fraction of sp³-hybridized carbons (Fsp3) is 0.227. The van der Waals surface area contributed by atoms with E-state index in [0.717, 1.165) is 0 Å². The highest BCUT2D eigenvalue weighted by Gasteiger charge is 2.26. The van der Waals surface area contributed by atoms with Gasteiger partial charge in [0.05, 0.1) is 6.26 Å². The molecule has 3 heterocycles. The summed E-state index contributed by atoms with van der Waals surface area (Å²) in [6.45, 7) is 0.839. The van der Waals surface area contributed by atoms with Gasteiger partial charge in [-0.05, 0) is 43.2 Å². The third-order valence-electron chi connectivity index (χ3n) is 5.08. The quantitative estimate of drug-likeness (QED) is 0.633. The molecule has 1 aliphatic rings. The molecule has 10 heteroatoms. The number of benzene rings is 1. The van der Waals surface area contributed by atoms with E-state index in [-0.39, 0.29) is 29.2 Å². The summed E-state index contributed by atoms with van der Waals surface area (Å²) in [7, 11) is 0. The molecule has 0 atom stereocenters. The minimum Gasteiger partial charge on any atom is -0.459 e. The normalized spacial score (nSPS) is 14.1. The summed E-state index contributed by atoms with van der Waals surface area (Å²) in [4.78, 5) is 47.3. The summed E-state index contributed by atoms with van der Waals surface area (Å²) >= 11 is 0. The molecule has 1 fully saturated rings. The highest BCUT2D eigenvalue weighted by molar-refractivity contribution is 6.06. The Morgan fingerprint density at radius 2 is 1.81 bits per heavy atom. The molecule has 164 valence electrons. The van der Waals surface area contributed by atoms with Crippen molar-refractivity contribution in [2.75, 3.05) is 18.4 Å². The highest BCUT2D eigenvalue weighted by Crippen LogP contribution is 2.17. The van der Waals surface area contributed by atoms with Crippen LogP contribution in [0.1, 0.15) is 44.2 Å². The molecule has 0 bridgehead atoms. The Morgan fingerprint density at radius 1 is 1.03 bits per heavy atom. The molecule has 3 aromatic rings. The number of likely N-dealkylation sites (tertiary alicyclic amines) is 1. The van der Waals surface area contributed by atoms with Crippen LogP contribution in [0.2, 0.25) is 0 Å². The number of nitrogens with one attached hydrogen (secondary N) is 2. The molecule has 0 saturated carbocycles. The van der Waals surface area contributed by atoms with E-state index in [1.807, 2.05) is 0 Å². The smallest absolute Gasteiger partial charge is 0.292 e. The monoisotopic (exact) mass is 437 g/mol. The lowest BCUT2D eigenvalue weighted by Crippen LogP contribution is -2.46. The van der Waals surface area contributed by atoms with Crippen molar-refractivity contribution >= 4 is 23.5 Å². The average molecular weight is 437 g/mol. The van der Waals surface area contributed by atoms with Crippen molar-refractivity contribution in [3.05, 3.63) is 77.9 Å². The zero-order chi connectivity index (χ0) is 22.5. The van der Waals surface area contributed by atoms with Crippen molar-refractivity contribution in [2.45, 2.75) is 18.9 Å². The molecule has 0 aliphatic carbocycles. The van der Waals surface area contributed by atoms with Gasteiger partial charge in [-0.3, -0.25) is 14.4 Å². The second kappa shape index (κ2) is 9.38. The first-order chi connectivity index (χ1) is 15.5. The second-order valence-corrected chi connectivity index (χ2v) is 7.24. The van der Waals surface area contributed by atoms with Gasteiger partial charge in [0.1, 0.15) is 5.82 Å². The minimum absolute atomic E-state index is 0.0186. The zero-order valence-corrected chi connectivity index (χ0v) is 17.0. The number of carbonyl (C=O) groups is 3. The van der Waals surface area contributed by atoms with E-state index in [9.17, 15) is 18.8 Å². The Balaban J connectivity index is 1.35. The van der Waals surface area contributed by atoms with Gasteiger partial charge < -0.3 is 20.0 Å². The maximum atomic E-state index is 13.4. The molecule has 0 radical (unpaired) electrons. The van der Waals surface area contributed by atoms with Crippen LogP contribution in [0.15, 0.2) is 59.5 Å². The van der Waals surface area contributed by atoms with Gasteiger partial charge in [0.2, 0.25) is 0 Å². The number of nitrogens with zero attached hydrogens (tertiary/aromatic N) is 3. The third-order valence-corrected chi connectivity index (χ3v) is 5.08. The standard InChI is InChI=1S/C22H20FN5O4/c23-15-4-1-3-14(13-15)22(31)28-10-6-16(7-11-28)26-21(30)18-19(25-9-8-24-18)27-20(29)17-5-2-12-32-17/h1-5,8-9,12-13,16H,6-7,10-11H2,(H,26,30)(H,25,27,29). The van der Waals surface area contributed by atoms with Crippen LogP contribution in [0.5, 0.6) is 0 Å². The van der Waals surface area contributed by atoms with Crippen LogP contribution in [0.4, 0.5) is 10.2 Å². The van der Waals surface area contributed by atoms with Crippen LogP contribution in [-0.2, 0) is 0 Å². The summed E-state index contributed by atoms with van der Waals surface area (Å²) in [5, 5.41) is 5.40. The van der Waals surface area contributed by atoms with Crippen molar-refractivity contribution in [1.29, 1.82) is 0 Å². The molecule has 2 aromatic heterocycles. The molecular weight excluding hydrogens is 417 g/mol. The molecule has 2 N–H and O–H groups in total. The van der Waals surface area contributed by atoms with Crippen molar-refractivity contribution in [3.63, 3.8) is 0 Å². The van der Waals surface area contributed by atoms with Gasteiger partial charge in [0.15, 0.2) is 17.3 Å². The first-order valence-corrected chi connectivity index (χ1v) is 10.0. The maximum Gasteiger partial charge on any atom is 0.292 e. The first-order valence-electron chi connectivity index (χ1n) is 10.0. The summed E-state index contributed by atoms with van der Waals surface area (Å²) in [5.41, 5.74) is 0.273. The van der Waals surface area contributed by atoms with Gasteiger partial charge >= 0.3 is 0 Å². The lowest BCUT2D eigenvalue weighted by atomic mass is 10.0. The van der Waals surface area contributed by atoms with E-state index in [1.165, 1.54) is 42.9 Å². The van der Waals surface area contributed by atoms with Crippen molar-refractivity contribution in [3.8, 4) is 0 Å². The second-order valence-electron chi connectivity index (χ2n) is 7.24. The Morgan fingerprint density at radius 3 is 2.53 bits per heavy atom. The summed E-state index contributed by atoms with van der Waals surface area (Å²) in [5.74, 6) is -1.64. The predicted octanol–water partition coefficient (Wildman–Crippen LogP) is 2.50. The number of hydrogen-bond acceptors (Lipinski definition) is 6. The van der Waals surface area contributed by atoms with Crippen molar-refractivity contribution in [1.82, 2.24) is 20.2 Å². The Hall–Kier alpha value is -4.08. The fourth-order valence-corrected chi connectivity index (χ4v) is 3.46. The number of anilines is 1. The zero-order valence-electron chi connectivity index (χ0n) is 17.0. The molecule has 1 aliphatic heterocycles. The van der Waals surface area contributed by atoms with Crippen LogP contribution >= 0.6 is 0 Å². The van der Waals surface area contributed by atoms with E-state index < -0.39 is 17.6 Å². The number of furan rings is 1. The minimum atomic E-state index is -0.547. The summed E-state index contributed by atoms with van der Waals surface area (Å²) in [6.07, 6.45) is 5.15. The van der Waals surface area contributed by atoms with Crippen LogP contribution in [0.3, 0.4) is 0 Å². The lowest BCUT2D eigenvalue weighted by molar-refractivity contribution is 0.0697. The van der Waals surface area contributed by atoms with Gasteiger partial charge in [0.25, 0.3) is 17.7 Å². The van der Waals surface area contributed by atoms with E-state index in [0.29, 0.717) is 31.5 Å². The summed E-state index contributed by atoms with van der Waals surface area (Å²) < 4.78 is 18.4. The van der Waals surface area contributed by atoms with E-state index in [1.54, 1.807) is 17.0 Å². The Bertz CT molecular complexity index is 1130. The van der Waals surface area contributed by atoms with Crippen LogP contribution in [0, 0.1) is 5.82 Å². The lowest BCUT2D eigenvalue weighted by Gasteiger charge is -2.32. The van der Waals surface area contributed by atoms with Gasteiger partial charge in [-0.1, -0.05) is 6.07 Å². The average Bonchev–Trinajstić information content (AvgIpc) is 3.35. The molecule has 1 aromatic carbocycles.